The van der Waals surface area contributed by atoms with Crippen LogP contribution in [0.4, 0.5) is 5.69 Å². The molecule has 1 aromatic heterocycles. The van der Waals surface area contributed by atoms with Crippen molar-refractivity contribution in [2.24, 2.45) is 0 Å². The van der Waals surface area contributed by atoms with Crippen LogP contribution in [0.1, 0.15) is 50.1 Å². The van der Waals surface area contributed by atoms with E-state index in [4.69, 9.17) is 4.74 Å². The van der Waals surface area contributed by atoms with Gasteiger partial charge in [-0.15, -0.1) is 10.2 Å². The number of nitrogens with one attached hydrogen (secondary N) is 1. The molecule has 1 heterocycles. The Kier molecular flexibility index (Phi) is 8.12. The minimum absolute atomic E-state index is 0.0654. The Morgan fingerprint density at radius 1 is 1.10 bits per heavy atom. The largest absolute Gasteiger partial charge is 0.486 e. The van der Waals surface area contributed by atoms with Crippen molar-refractivity contribution in [2.75, 3.05) is 11.1 Å². The lowest BCUT2D eigenvalue weighted by Crippen LogP contribution is -2.15. The fourth-order valence-corrected chi connectivity index (χ4v) is 3.91. The molecule has 0 fully saturated rings. The van der Waals surface area contributed by atoms with Crippen LogP contribution in [-0.4, -0.2) is 26.4 Å². The molecule has 0 saturated heterocycles. The van der Waals surface area contributed by atoms with Crippen molar-refractivity contribution >= 4 is 23.4 Å². The van der Waals surface area contributed by atoms with Crippen molar-refractivity contribution in [1.82, 2.24) is 14.8 Å². The van der Waals surface area contributed by atoms with E-state index in [1.165, 1.54) is 22.9 Å². The number of benzene rings is 2. The highest BCUT2D eigenvalue weighted by Gasteiger charge is 2.14. The number of amides is 1. The van der Waals surface area contributed by atoms with E-state index >= 15 is 0 Å². The van der Waals surface area contributed by atoms with Crippen LogP contribution >= 0.6 is 11.8 Å². The van der Waals surface area contributed by atoms with Gasteiger partial charge in [-0.1, -0.05) is 55.4 Å². The Morgan fingerprint density at radius 3 is 2.45 bits per heavy atom. The van der Waals surface area contributed by atoms with Crippen LogP contribution in [-0.2, 0) is 17.9 Å². The molecule has 1 amide bonds. The predicted octanol–water partition coefficient (Wildman–Crippen LogP) is 5.43. The fraction of sp³-hybridized carbons (Fsp3) is 0.375. The van der Waals surface area contributed by atoms with E-state index in [-0.39, 0.29) is 11.7 Å². The maximum atomic E-state index is 12.4. The highest BCUT2D eigenvalue weighted by molar-refractivity contribution is 7.99. The van der Waals surface area contributed by atoms with Crippen LogP contribution in [0.5, 0.6) is 5.75 Å². The molecule has 164 valence electrons. The van der Waals surface area contributed by atoms with E-state index in [1.54, 1.807) is 0 Å². The molecule has 0 aliphatic carbocycles. The van der Waals surface area contributed by atoms with Crippen molar-refractivity contribution in [3.05, 3.63) is 65.5 Å². The molecule has 6 nitrogen and oxygen atoms in total. The summed E-state index contributed by atoms with van der Waals surface area (Å²) in [5, 5.41) is 12.2. The van der Waals surface area contributed by atoms with Gasteiger partial charge in [0.05, 0.1) is 5.75 Å². The summed E-state index contributed by atoms with van der Waals surface area (Å²) >= 11 is 1.38. The maximum Gasteiger partial charge on any atom is 0.234 e. The molecule has 7 heteroatoms. The molecule has 1 unspecified atom stereocenters. The maximum absolute atomic E-state index is 12.4. The first kappa shape index (κ1) is 22.9. The standard InChI is InChI=1S/C24H30N4O2S/c1-5-18(4)19-9-11-20(12-10-19)25-23(29)16-31-24-27-26-22(28(24)6-2)15-30-21-13-7-17(3)8-14-21/h7-14,18H,5-6,15-16H2,1-4H3,(H,25,29). The average molecular weight is 439 g/mol. The van der Waals surface area contributed by atoms with Crippen LogP contribution in [0, 0.1) is 6.92 Å². The van der Waals surface area contributed by atoms with Gasteiger partial charge in [-0.2, -0.15) is 0 Å². The number of ether oxygens (including phenoxy) is 1. The quantitative estimate of drug-likeness (QED) is 0.428. The van der Waals surface area contributed by atoms with E-state index < -0.39 is 0 Å². The minimum atomic E-state index is -0.0654. The zero-order valence-electron chi connectivity index (χ0n) is 18.6. The van der Waals surface area contributed by atoms with Crippen LogP contribution in [0.25, 0.3) is 0 Å². The van der Waals surface area contributed by atoms with Crippen LogP contribution in [0.2, 0.25) is 0 Å². The van der Waals surface area contributed by atoms with Crippen molar-refractivity contribution in [3.8, 4) is 5.75 Å². The second-order valence-corrected chi connectivity index (χ2v) is 8.46. The molecule has 0 radical (unpaired) electrons. The number of nitrogens with zero attached hydrogens (tertiary/aromatic N) is 3. The highest BCUT2D eigenvalue weighted by Crippen LogP contribution is 2.22. The Hall–Kier alpha value is -2.80. The van der Waals surface area contributed by atoms with Gasteiger partial charge in [0.25, 0.3) is 0 Å². The van der Waals surface area contributed by atoms with Gasteiger partial charge in [0.15, 0.2) is 11.0 Å². The van der Waals surface area contributed by atoms with Gasteiger partial charge in [0, 0.05) is 12.2 Å². The Balaban J connectivity index is 1.53. The summed E-state index contributed by atoms with van der Waals surface area (Å²) in [5.74, 6) is 2.26. The summed E-state index contributed by atoms with van der Waals surface area (Å²) in [7, 11) is 0. The third-order valence-electron chi connectivity index (χ3n) is 5.21. The molecule has 2 aromatic carbocycles. The topological polar surface area (TPSA) is 69.0 Å². The number of carbonyl (C=O) groups is 1. The summed E-state index contributed by atoms with van der Waals surface area (Å²) in [6.45, 7) is 9.49. The second kappa shape index (κ2) is 11.0. The first-order chi connectivity index (χ1) is 15.0. The van der Waals surface area contributed by atoms with E-state index in [1.807, 2.05) is 54.8 Å². The molecule has 3 rings (SSSR count). The first-order valence-electron chi connectivity index (χ1n) is 10.6. The van der Waals surface area contributed by atoms with Gasteiger partial charge >= 0.3 is 0 Å². The smallest absolute Gasteiger partial charge is 0.234 e. The van der Waals surface area contributed by atoms with Gasteiger partial charge in [0.1, 0.15) is 12.4 Å². The molecule has 1 atom stereocenters. The van der Waals surface area contributed by atoms with E-state index in [0.29, 0.717) is 24.2 Å². The number of carbonyl (C=O) groups excluding carboxylic acids is 1. The van der Waals surface area contributed by atoms with E-state index in [9.17, 15) is 4.79 Å². The van der Waals surface area contributed by atoms with E-state index in [2.05, 4.69) is 41.5 Å². The predicted molar refractivity (Wildman–Crippen MR) is 126 cm³/mol. The zero-order chi connectivity index (χ0) is 22.2. The molecule has 0 aliphatic heterocycles. The van der Waals surface area contributed by atoms with Gasteiger partial charge in [-0.05, 0) is 56.0 Å². The van der Waals surface area contributed by atoms with Crippen molar-refractivity contribution in [2.45, 2.75) is 58.3 Å². The number of aromatic nitrogens is 3. The summed E-state index contributed by atoms with van der Waals surface area (Å²) in [6, 6.07) is 16.0. The molecule has 31 heavy (non-hydrogen) atoms. The highest BCUT2D eigenvalue weighted by atomic mass is 32.2. The summed E-state index contributed by atoms with van der Waals surface area (Å²) in [4.78, 5) is 12.4. The minimum Gasteiger partial charge on any atom is -0.486 e. The van der Waals surface area contributed by atoms with Crippen LogP contribution < -0.4 is 10.1 Å². The van der Waals surface area contributed by atoms with Crippen molar-refractivity contribution < 1.29 is 9.53 Å². The molecule has 3 aromatic rings. The normalized spacial score (nSPS) is 11.9. The van der Waals surface area contributed by atoms with E-state index in [0.717, 1.165) is 23.7 Å². The van der Waals surface area contributed by atoms with Crippen molar-refractivity contribution in [3.63, 3.8) is 0 Å². The van der Waals surface area contributed by atoms with Crippen LogP contribution in [0.15, 0.2) is 53.7 Å². The molecule has 0 bridgehead atoms. The number of aryl methyl sites for hydroxylation is 1. The average Bonchev–Trinajstić information content (AvgIpc) is 3.19. The Morgan fingerprint density at radius 2 is 1.81 bits per heavy atom. The summed E-state index contributed by atoms with van der Waals surface area (Å²) < 4.78 is 7.81. The SMILES string of the molecule is CCC(C)c1ccc(NC(=O)CSc2nnc(COc3ccc(C)cc3)n2CC)cc1. The molecular formula is C24H30N4O2S. The number of hydrogen-bond acceptors (Lipinski definition) is 5. The van der Waals surface area contributed by atoms with Gasteiger partial charge in [-0.25, -0.2) is 0 Å². The molecular weight excluding hydrogens is 408 g/mol. The number of rotatable bonds is 10. The molecule has 1 N–H and O–H groups in total. The lowest BCUT2D eigenvalue weighted by molar-refractivity contribution is -0.113. The van der Waals surface area contributed by atoms with Crippen molar-refractivity contribution in [1.29, 1.82) is 0 Å². The fourth-order valence-electron chi connectivity index (χ4n) is 3.09. The summed E-state index contributed by atoms with van der Waals surface area (Å²) in [6.07, 6.45) is 1.10. The van der Waals surface area contributed by atoms with Gasteiger partial charge in [0.2, 0.25) is 5.91 Å². The first-order valence-corrected chi connectivity index (χ1v) is 11.6. The third-order valence-corrected chi connectivity index (χ3v) is 6.17. The second-order valence-electron chi connectivity index (χ2n) is 7.51. The number of thioether (sulfide) groups is 1. The molecule has 0 spiro atoms. The third kappa shape index (κ3) is 6.34. The monoisotopic (exact) mass is 438 g/mol. The lowest BCUT2D eigenvalue weighted by atomic mass is 9.99. The number of anilines is 1. The lowest BCUT2D eigenvalue weighted by Gasteiger charge is -2.11. The zero-order valence-corrected chi connectivity index (χ0v) is 19.4. The Bertz CT molecular complexity index is 984. The van der Waals surface area contributed by atoms with Crippen LogP contribution in [0.3, 0.4) is 0 Å². The number of hydrogen-bond donors (Lipinski definition) is 1. The molecule has 0 saturated carbocycles. The summed E-state index contributed by atoms with van der Waals surface area (Å²) in [5.41, 5.74) is 3.28. The molecule has 0 aliphatic rings. The van der Waals surface area contributed by atoms with Gasteiger partial charge in [-0.3, -0.25) is 4.79 Å². The Labute approximate surface area is 188 Å². The van der Waals surface area contributed by atoms with Gasteiger partial charge < -0.3 is 14.6 Å².